The number of rotatable bonds is 9. The summed E-state index contributed by atoms with van der Waals surface area (Å²) >= 11 is 6.67. The van der Waals surface area contributed by atoms with Crippen LogP contribution in [0.4, 0.5) is 0 Å². The lowest BCUT2D eigenvalue weighted by atomic mass is 10.2. The number of hydrogen-bond donors (Lipinski definition) is 1. The molecule has 0 bridgehead atoms. The van der Waals surface area contributed by atoms with Crippen LogP contribution < -0.4 is 14.9 Å². The van der Waals surface area contributed by atoms with Crippen LogP contribution in [0.15, 0.2) is 52.0 Å². The number of nitrogens with zero attached hydrogens (tertiary/aromatic N) is 2. The van der Waals surface area contributed by atoms with Crippen LogP contribution in [0.2, 0.25) is 5.15 Å². The number of fused-ring (bicyclic) bond motifs is 2. The largest absolute Gasteiger partial charge is 0.497 e. The molecular weight excluding hydrogens is 446 g/mol. The summed E-state index contributed by atoms with van der Waals surface area (Å²) in [5.41, 5.74) is 4.66. The smallest absolute Gasteiger partial charge is 0.307 e. The fraction of sp³-hybridized carbons (Fsp3) is 0.250. The predicted octanol–water partition coefficient (Wildman–Crippen LogP) is 4.86. The van der Waals surface area contributed by atoms with E-state index in [4.69, 9.17) is 30.2 Å². The van der Waals surface area contributed by atoms with Gasteiger partial charge in [0.15, 0.2) is 5.76 Å². The number of carbonyl (C=O) groups is 1. The predicted molar refractivity (Wildman–Crippen MR) is 128 cm³/mol. The lowest BCUT2D eigenvalue weighted by Crippen LogP contribution is -2.16. The molecule has 1 amide bonds. The first-order valence-corrected chi connectivity index (χ1v) is 10.8. The second-order valence-electron chi connectivity index (χ2n) is 7.15. The zero-order chi connectivity index (χ0) is 23.4. The molecule has 0 spiro atoms. The molecule has 2 heterocycles. The minimum absolute atomic E-state index is 0.141. The van der Waals surface area contributed by atoms with Crippen molar-refractivity contribution in [1.82, 2.24) is 9.99 Å². The van der Waals surface area contributed by atoms with Crippen molar-refractivity contribution in [2.45, 2.75) is 13.5 Å². The molecule has 2 aromatic heterocycles. The number of hydrazone groups is 1. The van der Waals surface area contributed by atoms with Crippen LogP contribution in [0.5, 0.6) is 11.5 Å². The Labute approximate surface area is 195 Å². The number of amides is 1. The van der Waals surface area contributed by atoms with E-state index in [0.29, 0.717) is 47.6 Å². The van der Waals surface area contributed by atoms with Crippen molar-refractivity contribution in [1.29, 1.82) is 0 Å². The molecule has 0 fully saturated rings. The van der Waals surface area contributed by atoms with Gasteiger partial charge in [0.05, 0.1) is 32.6 Å². The maximum absolute atomic E-state index is 12.6. The van der Waals surface area contributed by atoms with Gasteiger partial charge in [-0.2, -0.15) is 5.10 Å². The highest BCUT2D eigenvalue weighted by molar-refractivity contribution is 6.34. The number of ether oxygens (including phenoxy) is 3. The van der Waals surface area contributed by atoms with E-state index in [1.165, 1.54) is 6.21 Å². The third-order valence-electron chi connectivity index (χ3n) is 5.21. The van der Waals surface area contributed by atoms with Gasteiger partial charge in [-0.05, 0) is 49.4 Å². The van der Waals surface area contributed by atoms with Crippen LogP contribution in [0, 0.1) is 0 Å². The quantitative estimate of drug-likeness (QED) is 0.215. The summed E-state index contributed by atoms with van der Waals surface area (Å²) in [6.45, 7) is 3.67. The number of aromatic nitrogens is 1. The molecule has 172 valence electrons. The fourth-order valence-electron chi connectivity index (χ4n) is 3.57. The van der Waals surface area contributed by atoms with Gasteiger partial charge in [-0.1, -0.05) is 11.6 Å². The molecule has 9 heteroatoms. The zero-order valence-corrected chi connectivity index (χ0v) is 19.3. The lowest BCUT2D eigenvalue weighted by Gasteiger charge is -2.07. The maximum atomic E-state index is 12.6. The van der Waals surface area contributed by atoms with Gasteiger partial charge in [0, 0.05) is 29.5 Å². The van der Waals surface area contributed by atoms with E-state index in [1.807, 2.05) is 29.7 Å². The van der Waals surface area contributed by atoms with Gasteiger partial charge in [0.1, 0.15) is 22.2 Å². The minimum Gasteiger partial charge on any atom is -0.497 e. The summed E-state index contributed by atoms with van der Waals surface area (Å²) in [6, 6.07) is 12.6. The molecule has 0 unspecified atom stereocenters. The molecule has 0 saturated carbocycles. The van der Waals surface area contributed by atoms with Gasteiger partial charge in [-0.25, -0.2) is 5.43 Å². The lowest BCUT2D eigenvalue weighted by molar-refractivity contribution is 0.0929. The monoisotopic (exact) mass is 469 g/mol. The van der Waals surface area contributed by atoms with Crippen molar-refractivity contribution >= 4 is 45.6 Å². The average Bonchev–Trinajstić information content (AvgIpc) is 3.37. The molecule has 0 aliphatic rings. The minimum atomic E-state index is -0.477. The van der Waals surface area contributed by atoms with E-state index in [2.05, 4.69) is 10.5 Å². The van der Waals surface area contributed by atoms with E-state index in [1.54, 1.807) is 38.5 Å². The van der Waals surface area contributed by atoms with Crippen molar-refractivity contribution in [3.05, 3.63) is 58.9 Å². The Bertz CT molecular complexity index is 1320. The fourth-order valence-corrected chi connectivity index (χ4v) is 3.89. The van der Waals surface area contributed by atoms with Crippen molar-refractivity contribution in [2.24, 2.45) is 5.10 Å². The van der Waals surface area contributed by atoms with E-state index in [9.17, 15) is 4.79 Å². The first-order chi connectivity index (χ1) is 16.0. The molecule has 0 saturated heterocycles. The number of methoxy groups -OCH3 is 2. The van der Waals surface area contributed by atoms with E-state index in [-0.39, 0.29) is 5.76 Å². The summed E-state index contributed by atoms with van der Waals surface area (Å²) in [4.78, 5) is 12.6. The molecule has 2 aromatic carbocycles. The Morgan fingerprint density at radius 3 is 2.67 bits per heavy atom. The van der Waals surface area contributed by atoms with Gasteiger partial charge >= 0.3 is 5.91 Å². The Balaban J connectivity index is 1.59. The topological polar surface area (TPSA) is 87.2 Å². The van der Waals surface area contributed by atoms with Crippen LogP contribution in [0.3, 0.4) is 0 Å². The Kier molecular flexibility index (Phi) is 6.86. The first-order valence-electron chi connectivity index (χ1n) is 10.4. The number of nitrogens with one attached hydrogen (secondary N) is 1. The number of carbonyl (C=O) groups excluding carboxylic acids is 1. The first kappa shape index (κ1) is 22.7. The summed E-state index contributed by atoms with van der Waals surface area (Å²) < 4.78 is 23.6. The number of benzene rings is 2. The number of halogens is 1. The highest BCUT2D eigenvalue weighted by Crippen LogP contribution is 2.32. The van der Waals surface area contributed by atoms with Gasteiger partial charge < -0.3 is 23.2 Å². The van der Waals surface area contributed by atoms with Gasteiger partial charge in [0.25, 0.3) is 0 Å². The zero-order valence-electron chi connectivity index (χ0n) is 18.6. The molecule has 0 aliphatic carbocycles. The second-order valence-corrected chi connectivity index (χ2v) is 7.51. The number of hydrogen-bond acceptors (Lipinski definition) is 6. The Morgan fingerprint density at radius 1 is 1.15 bits per heavy atom. The average molecular weight is 470 g/mol. The van der Waals surface area contributed by atoms with Crippen LogP contribution in [0.25, 0.3) is 21.9 Å². The molecule has 0 radical (unpaired) electrons. The summed E-state index contributed by atoms with van der Waals surface area (Å²) in [7, 11) is 3.18. The molecule has 8 nitrogen and oxygen atoms in total. The van der Waals surface area contributed by atoms with Gasteiger partial charge in [-0.15, -0.1) is 0 Å². The third kappa shape index (κ3) is 4.67. The normalized spacial score (nSPS) is 11.5. The Morgan fingerprint density at radius 2 is 1.91 bits per heavy atom. The highest BCUT2D eigenvalue weighted by Gasteiger charge is 2.16. The van der Waals surface area contributed by atoms with Crippen molar-refractivity contribution < 1.29 is 23.4 Å². The SMILES string of the molecule is CCOCCn1c(Cl)c(C=NNC(=O)c2cc3cc(OC)ccc3o2)c2cc(OC)ccc21. The summed E-state index contributed by atoms with van der Waals surface area (Å²) in [5, 5.41) is 6.22. The van der Waals surface area contributed by atoms with E-state index < -0.39 is 5.91 Å². The summed E-state index contributed by atoms with van der Waals surface area (Å²) in [5.74, 6) is 1.04. The molecule has 1 N–H and O–H groups in total. The van der Waals surface area contributed by atoms with Crippen LogP contribution in [0.1, 0.15) is 23.0 Å². The van der Waals surface area contributed by atoms with Crippen molar-refractivity contribution in [2.75, 3.05) is 27.4 Å². The molecular formula is C24H24ClN3O5. The van der Waals surface area contributed by atoms with Crippen LogP contribution in [-0.2, 0) is 11.3 Å². The number of furan rings is 1. The molecule has 0 atom stereocenters. The highest BCUT2D eigenvalue weighted by atomic mass is 35.5. The molecule has 4 aromatic rings. The standard InChI is InChI=1S/C24H24ClN3O5/c1-4-32-10-9-28-20-7-5-17(31-3)13-18(20)19(23(28)25)14-26-27-24(29)22-12-15-11-16(30-2)6-8-21(15)33-22/h5-8,11-14H,4,9-10H2,1-3H3,(H,27,29). The van der Waals surface area contributed by atoms with Gasteiger partial charge in [-0.3, -0.25) is 4.79 Å². The van der Waals surface area contributed by atoms with Crippen molar-refractivity contribution in [3.63, 3.8) is 0 Å². The van der Waals surface area contributed by atoms with Gasteiger partial charge in [0.2, 0.25) is 0 Å². The van der Waals surface area contributed by atoms with E-state index in [0.717, 1.165) is 16.3 Å². The van der Waals surface area contributed by atoms with Crippen LogP contribution in [-0.4, -0.2) is 44.1 Å². The third-order valence-corrected chi connectivity index (χ3v) is 5.62. The maximum Gasteiger partial charge on any atom is 0.307 e. The molecule has 0 aliphatic heterocycles. The van der Waals surface area contributed by atoms with Crippen LogP contribution >= 0.6 is 11.6 Å². The van der Waals surface area contributed by atoms with E-state index >= 15 is 0 Å². The summed E-state index contributed by atoms with van der Waals surface area (Å²) in [6.07, 6.45) is 1.52. The Hall–Kier alpha value is -3.49. The molecule has 33 heavy (non-hydrogen) atoms. The second kappa shape index (κ2) is 9.97. The van der Waals surface area contributed by atoms with Crippen molar-refractivity contribution in [3.8, 4) is 11.5 Å². The molecule has 4 rings (SSSR count).